The second-order valence-electron chi connectivity index (χ2n) is 5.72. The predicted octanol–water partition coefficient (Wildman–Crippen LogP) is 4.01. The molecule has 1 aliphatic heterocycles. The summed E-state index contributed by atoms with van der Waals surface area (Å²) in [6.07, 6.45) is 5.49. The van der Waals surface area contributed by atoms with Crippen LogP contribution in [0.5, 0.6) is 0 Å². The number of fused-ring (bicyclic) bond motifs is 1. The molecule has 24 heavy (non-hydrogen) atoms. The van der Waals surface area contributed by atoms with Crippen molar-refractivity contribution in [3.8, 4) is 0 Å². The van der Waals surface area contributed by atoms with Crippen molar-refractivity contribution < 1.29 is 9.21 Å². The highest BCUT2D eigenvalue weighted by Gasteiger charge is 2.18. The zero-order valence-electron chi connectivity index (χ0n) is 13.1. The van der Waals surface area contributed by atoms with Crippen molar-refractivity contribution in [2.45, 2.75) is 12.8 Å². The van der Waals surface area contributed by atoms with E-state index in [-0.39, 0.29) is 11.7 Å². The summed E-state index contributed by atoms with van der Waals surface area (Å²) in [6.45, 7) is 0.969. The minimum atomic E-state index is -0.302. The molecule has 5 nitrogen and oxygen atoms in total. The monoisotopic (exact) mass is 319 g/mol. The van der Waals surface area contributed by atoms with Gasteiger partial charge in [-0.1, -0.05) is 18.2 Å². The van der Waals surface area contributed by atoms with Crippen molar-refractivity contribution >= 4 is 23.1 Å². The lowest BCUT2D eigenvalue weighted by atomic mass is 10.0. The maximum Gasteiger partial charge on any atom is 0.292 e. The van der Waals surface area contributed by atoms with Gasteiger partial charge in [0.15, 0.2) is 5.76 Å². The Kier molecular flexibility index (Phi) is 3.75. The summed E-state index contributed by atoms with van der Waals surface area (Å²) in [7, 11) is 0. The summed E-state index contributed by atoms with van der Waals surface area (Å²) in [6, 6.07) is 15.5. The molecule has 0 bridgehead atoms. The molecule has 0 fully saturated rings. The Hall–Kier alpha value is -3.08. The zero-order valence-corrected chi connectivity index (χ0v) is 13.1. The van der Waals surface area contributed by atoms with Gasteiger partial charge in [0, 0.05) is 12.2 Å². The number of amides is 1. The van der Waals surface area contributed by atoms with Gasteiger partial charge in [-0.15, -0.1) is 0 Å². The van der Waals surface area contributed by atoms with Gasteiger partial charge in [0.2, 0.25) is 0 Å². The van der Waals surface area contributed by atoms with E-state index in [4.69, 9.17) is 4.42 Å². The summed E-state index contributed by atoms with van der Waals surface area (Å²) < 4.78 is 5.08. The molecule has 0 spiro atoms. The molecule has 3 heterocycles. The number of carbonyl (C=O) groups excluding carboxylic acids is 1. The summed E-state index contributed by atoms with van der Waals surface area (Å²) in [4.78, 5) is 18.6. The largest absolute Gasteiger partial charge is 0.459 e. The lowest BCUT2D eigenvalue weighted by Crippen LogP contribution is -2.24. The molecular weight excluding hydrogens is 302 g/mol. The second-order valence-corrected chi connectivity index (χ2v) is 5.72. The summed E-state index contributed by atoms with van der Waals surface area (Å²) in [5, 5.41) is 2.73. The maximum atomic E-state index is 12.0. The van der Waals surface area contributed by atoms with Crippen LogP contribution < -0.4 is 10.2 Å². The van der Waals surface area contributed by atoms with Crippen LogP contribution in [-0.2, 0) is 6.42 Å². The Morgan fingerprint density at radius 2 is 2.04 bits per heavy atom. The smallest absolute Gasteiger partial charge is 0.292 e. The van der Waals surface area contributed by atoms with Gasteiger partial charge < -0.3 is 14.6 Å². The number of benzene rings is 1. The fourth-order valence-electron chi connectivity index (χ4n) is 3.01. The predicted molar refractivity (Wildman–Crippen MR) is 92.7 cm³/mol. The van der Waals surface area contributed by atoms with Crippen molar-refractivity contribution in [3.05, 3.63) is 72.3 Å². The molecule has 0 atom stereocenters. The highest BCUT2D eigenvalue weighted by atomic mass is 16.3. The Morgan fingerprint density at radius 3 is 2.83 bits per heavy atom. The first-order valence-corrected chi connectivity index (χ1v) is 7.97. The average Bonchev–Trinajstić information content (AvgIpc) is 3.17. The first-order valence-electron chi connectivity index (χ1n) is 7.97. The van der Waals surface area contributed by atoms with E-state index in [1.54, 1.807) is 18.3 Å². The number of aryl methyl sites for hydroxylation is 1. The first-order chi connectivity index (χ1) is 11.8. The number of nitrogens with one attached hydrogen (secondary N) is 1. The van der Waals surface area contributed by atoms with Crippen LogP contribution in [0.1, 0.15) is 22.5 Å². The topological polar surface area (TPSA) is 58.4 Å². The molecule has 1 aliphatic rings. The van der Waals surface area contributed by atoms with Gasteiger partial charge >= 0.3 is 0 Å². The third kappa shape index (κ3) is 2.76. The Balaban J connectivity index is 1.54. The Labute approximate surface area is 139 Å². The molecule has 0 saturated carbocycles. The molecule has 2 aromatic heterocycles. The highest BCUT2D eigenvalue weighted by Crippen LogP contribution is 2.33. The molecule has 5 heteroatoms. The number of furan rings is 1. The van der Waals surface area contributed by atoms with E-state index >= 15 is 0 Å². The van der Waals surface area contributed by atoms with Crippen molar-refractivity contribution in [1.29, 1.82) is 0 Å². The van der Waals surface area contributed by atoms with Crippen LogP contribution in [0.25, 0.3) is 0 Å². The second kappa shape index (κ2) is 6.20. The van der Waals surface area contributed by atoms with Crippen molar-refractivity contribution in [1.82, 2.24) is 4.98 Å². The normalized spacial score (nSPS) is 13.4. The van der Waals surface area contributed by atoms with Gasteiger partial charge in [-0.05, 0) is 48.7 Å². The van der Waals surface area contributed by atoms with Crippen molar-refractivity contribution in [3.63, 3.8) is 0 Å². The Morgan fingerprint density at radius 1 is 1.12 bits per heavy atom. The molecule has 0 aliphatic carbocycles. The molecular formula is C19H17N3O2. The number of hydrogen-bond donors (Lipinski definition) is 1. The van der Waals surface area contributed by atoms with Crippen molar-refractivity contribution in [2.24, 2.45) is 0 Å². The van der Waals surface area contributed by atoms with E-state index in [1.807, 2.05) is 12.1 Å². The average molecular weight is 319 g/mol. The summed E-state index contributed by atoms with van der Waals surface area (Å²) in [5.74, 6) is 0.472. The number of para-hydroxylation sites is 1. The van der Waals surface area contributed by atoms with Crippen LogP contribution in [0, 0.1) is 0 Å². The minimum absolute atomic E-state index is 0.269. The maximum absolute atomic E-state index is 12.0. The summed E-state index contributed by atoms with van der Waals surface area (Å²) >= 11 is 0. The van der Waals surface area contributed by atoms with Crippen LogP contribution >= 0.6 is 0 Å². The Bertz CT molecular complexity index is 841. The van der Waals surface area contributed by atoms with Crippen LogP contribution in [0.3, 0.4) is 0 Å². The van der Waals surface area contributed by atoms with E-state index in [0.29, 0.717) is 5.82 Å². The van der Waals surface area contributed by atoms with Gasteiger partial charge in [-0.25, -0.2) is 4.98 Å². The lowest BCUT2D eigenvalue weighted by molar-refractivity contribution is 0.0996. The third-order valence-corrected chi connectivity index (χ3v) is 4.16. The number of pyridine rings is 1. The zero-order chi connectivity index (χ0) is 16.4. The number of carbonyl (C=O) groups is 1. The van der Waals surface area contributed by atoms with E-state index < -0.39 is 0 Å². The van der Waals surface area contributed by atoms with Gasteiger partial charge in [-0.3, -0.25) is 4.79 Å². The van der Waals surface area contributed by atoms with Crippen LogP contribution in [0.15, 0.2) is 65.4 Å². The molecule has 120 valence electrons. The minimum Gasteiger partial charge on any atom is -0.459 e. The number of anilines is 3. The van der Waals surface area contributed by atoms with Crippen LogP contribution in [0.4, 0.5) is 17.2 Å². The van der Waals surface area contributed by atoms with E-state index in [1.165, 1.54) is 17.5 Å². The molecule has 4 rings (SSSR count). The van der Waals surface area contributed by atoms with E-state index in [9.17, 15) is 4.79 Å². The van der Waals surface area contributed by atoms with Crippen molar-refractivity contribution in [2.75, 3.05) is 16.8 Å². The first kappa shape index (κ1) is 14.5. The van der Waals surface area contributed by atoms with Gasteiger partial charge in [0.25, 0.3) is 5.91 Å². The summed E-state index contributed by atoms with van der Waals surface area (Å²) in [5.41, 5.74) is 3.62. The number of aromatic nitrogens is 1. The molecule has 0 radical (unpaired) electrons. The standard InChI is InChI=1S/C19H17N3O2/c23-19(17-8-4-12-24-17)21-18-10-9-15(13-20-18)22-11-3-6-14-5-1-2-7-16(14)22/h1-2,4-5,7-10,12-13H,3,6,11H2,(H,20,21,23). The van der Waals surface area contributed by atoms with E-state index in [0.717, 1.165) is 25.1 Å². The number of hydrogen-bond acceptors (Lipinski definition) is 4. The molecule has 1 N–H and O–H groups in total. The molecule has 1 aromatic carbocycles. The van der Waals surface area contributed by atoms with E-state index in [2.05, 4.69) is 39.5 Å². The van der Waals surface area contributed by atoms with Gasteiger partial charge in [-0.2, -0.15) is 0 Å². The third-order valence-electron chi connectivity index (χ3n) is 4.16. The van der Waals surface area contributed by atoms with Gasteiger partial charge in [0.05, 0.1) is 18.1 Å². The molecule has 1 amide bonds. The quantitative estimate of drug-likeness (QED) is 0.792. The highest BCUT2D eigenvalue weighted by molar-refractivity contribution is 6.01. The molecule has 0 unspecified atom stereocenters. The fraction of sp³-hybridized carbons (Fsp3) is 0.158. The lowest BCUT2D eigenvalue weighted by Gasteiger charge is -2.31. The molecule has 0 saturated heterocycles. The SMILES string of the molecule is O=C(Nc1ccc(N2CCCc3ccccc32)cn1)c1ccco1. The number of rotatable bonds is 3. The molecule has 3 aromatic rings. The fourth-order valence-corrected chi connectivity index (χ4v) is 3.01. The van der Waals surface area contributed by atoms with Crippen LogP contribution in [-0.4, -0.2) is 17.4 Å². The van der Waals surface area contributed by atoms with Gasteiger partial charge in [0.1, 0.15) is 5.82 Å². The van der Waals surface area contributed by atoms with Crippen LogP contribution in [0.2, 0.25) is 0 Å². The number of nitrogens with zero attached hydrogens (tertiary/aromatic N) is 2.